The number of aliphatic carboxylic acids is 1. The lowest BCUT2D eigenvalue weighted by atomic mass is 10.0. The minimum Gasteiger partial charge on any atom is -0.481 e. The molecule has 19 heavy (non-hydrogen) atoms. The van der Waals surface area contributed by atoms with Crippen LogP contribution in [0.2, 0.25) is 0 Å². The molecule has 1 aliphatic carbocycles. The molecule has 2 atom stereocenters. The van der Waals surface area contributed by atoms with Gasteiger partial charge in [-0.2, -0.15) is 0 Å². The van der Waals surface area contributed by atoms with E-state index < -0.39 is 5.97 Å². The zero-order chi connectivity index (χ0) is 14.0. The second-order valence-electron chi connectivity index (χ2n) is 5.19. The summed E-state index contributed by atoms with van der Waals surface area (Å²) in [6, 6.07) is 0. The summed E-state index contributed by atoms with van der Waals surface area (Å²) < 4.78 is 1.87. The molecule has 1 amide bonds. The van der Waals surface area contributed by atoms with Crippen molar-refractivity contribution in [2.24, 2.45) is 18.9 Å². The molecule has 6 nitrogen and oxygen atoms in total. The SMILES string of the molecule is CN(Cc1nccn1C)C(=O)C1CCC(C(=O)O)C1. The summed E-state index contributed by atoms with van der Waals surface area (Å²) in [5.74, 6) is -0.473. The van der Waals surface area contributed by atoms with Crippen LogP contribution in [0.1, 0.15) is 25.1 Å². The summed E-state index contributed by atoms with van der Waals surface area (Å²) in [6.45, 7) is 0.455. The highest BCUT2D eigenvalue weighted by molar-refractivity contribution is 5.80. The minimum atomic E-state index is -0.790. The van der Waals surface area contributed by atoms with Crippen LogP contribution in [0.25, 0.3) is 0 Å². The van der Waals surface area contributed by atoms with Gasteiger partial charge < -0.3 is 14.6 Å². The highest BCUT2D eigenvalue weighted by atomic mass is 16.4. The first-order valence-electron chi connectivity index (χ1n) is 6.43. The number of carbonyl (C=O) groups excluding carboxylic acids is 1. The topological polar surface area (TPSA) is 75.4 Å². The third-order valence-corrected chi connectivity index (χ3v) is 3.81. The average molecular weight is 265 g/mol. The zero-order valence-electron chi connectivity index (χ0n) is 11.2. The van der Waals surface area contributed by atoms with E-state index in [4.69, 9.17) is 5.11 Å². The van der Waals surface area contributed by atoms with Gasteiger partial charge in [-0.1, -0.05) is 0 Å². The Kier molecular flexibility index (Phi) is 3.87. The number of amides is 1. The van der Waals surface area contributed by atoms with Crippen LogP contribution in [0, 0.1) is 11.8 Å². The Balaban J connectivity index is 1.93. The van der Waals surface area contributed by atoms with Crippen LogP contribution in [-0.2, 0) is 23.2 Å². The van der Waals surface area contributed by atoms with E-state index in [2.05, 4.69) is 4.98 Å². The third-order valence-electron chi connectivity index (χ3n) is 3.81. The van der Waals surface area contributed by atoms with Crippen LogP contribution in [-0.4, -0.2) is 38.5 Å². The van der Waals surface area contributed by atoms with Gasteiger partial charge in [-0.25, -0.2) is 4.98 Å². The molecule has 1 heterocycles. The fourth-order valence-corrected chi connectivity index (χ4v) is 2.58. The quantitative estimate of drug-likeness (QED) is 0.876. The smallest absolute Gasteiger partial charge is 0.306 e. The van der Waals surface area contributed by atoms with Crippen LogP contribution >= 0.6 is 0 Å². The van der Waals surface area contributed by atoms with E-state index in [9.17, 15) is 9.59 Å². The fourth-order valence-electron chi connectivity index (χ4n) is 2.58. The zero-order valence-corrected chi connectivity index (χ0v) is 11.2. The third kappa shape index (κ3) is 2.94. The van der Waals surface area contributed by atoms with Crippen molar-refractivity contribution in [2.45, 2.75) is 25.8 Å². The Bertz CT molecular complexity index is 483. The number of carbonyl (C=O) groups is 2. The van der Waals surface area contributed by atoms with Gasteiger partial charge in [0.25, 0.3) is 0 Å². The van der Waals surface area contributed by atoms with Crippen LogP contribution in [0.3, 0.4) is 0 Å². The molecule has 0 radical (unpaired) electrons. The number of hydrogen-bond acceptors (Lipinski definition) is 3. The number of imidazole rings is 1. The van der Waals surface area contributed by atoms with E-state index in [1.54, 1.807) is 18.1 Å². The first-order chi connectivity index (χ1) is 8.99. The summed E-state index contributed by atoms with van der Waals surface area (Å²) in [5, 5.41) is 8.96. The lowest BCUT2D eigenvalue weighted by Crippen LogP contribution is -2.32. The summed E-state index contributed by atoms with van der Waals surface area (Å²) >= 11 is 0. The molecule has 0 bridgehead atoms. The van der Waals surface area contributed by atoms with Crippen molar-refractivity contribution in [1.82, 2.24) is 14.5 Å². The molecule has 1 aliphatic rings. The Morgan fingerprint density at radius 3 is 2.68 bits per heavy atom. The maximum absolute atomic E-state index is 12.2. The number of rotatable bonds is 4. The molecule has 1 aromatic heterocycles. The molecular formula is C13H19N3O3. The second kappa shape index (κ2) is 5.42. The highest BCUT2D eigenvalue weighted by Gasteiger charge is 2.35. The van der Waals surface area contributed by atoms with E-state index in [0.29, 0.717) is 25.8 Å². The number of nitrogens with zero attached hydrogens (tertiary/aromatic N) is 3. The predicted molar refractivity (Wildman–Crippen MR) is 68.1 cm³/mol. The Morgan fingerprint density at radius 1 is 1.47 bits per heavy atom. The van der Waals surface area contributed by atoms with Crippen molar-refractivity contribution in [3.05, 3.63) is 18.2 Å². The number of aryl methyl sites for hydroxylation is 1. The summed E-state index contributed by atoms with van der Waals surface area (Å²) in [6.07, 6.45) is 5.26. The molecule has 1 N–H and O–H groups in total. The molecule has 104 valence electrons. The molecule has 2 rings (SSSR count). The van der Waals surface area contributed by atoms with Gasteiger partial charge >= 0.3 is 5.97 Å². The van der Waals surface area contributed by atoms with E-state index >= 15 is 0 Å². The second-order valence-corrected chi connectivity index (χ2v) is 5.19. The van der Waals surface area contributed by atoms with Crippen molar-refractivity contribution >= 4 is 11.9 Å². The van der Waals surface area contributed by atoms with Gasteiger partial charge in [-0.3, -0.25) is 9.59 Å². The monoisotopic (exact) mass is 265 g/mol. The molecule has 0 aromatic carbocycles. The Labute approximate surface area is 112 Å². The van der Waals surface area contributed by atoms with Crippen molar-refractivity contribution in [2.75, 3.05) is 7.05 Å². The summed E-state index contributed by atoms with van der Waals surface area (Å²) in [7, 11) is 3.63. The molecule has 1 saturated carbocycles. The minimum absolute atomic E-state index is 0.0201. The number of carboxylic acid groups (broad SMARTS) is 1. The standard InChI is InChI=1S/C13H19N3O3/c1-15-6-5-14-11(15)8-16(2)12(17)9-3-4-10(7-9)13(18)19/h5-6,9-10H,3-4,7-8H2,1-2H3,(H,18,19). The highest BCUT2D eigenvalue weighted by Crippen LogP contribution is 2.32. The molecular weight excluding hydrogens is 246 g/mol. The van der Waals surface area contributed by atoms with Crippen molar-refractivity contribution in [3.63, 3.8) is 0 Å². The van der Waals surface area contributed by atoms with E-state index in [1.165, 1.54) is 0 Å². The fraction of sp³-hybridized carbons (Fsp3) is 0.615. The van der Waals surface area contributed by atoms with Gasteiger partial charge in [0.05, 0.1) is 12.5 Å². The molecule has 6 heteroatoms. The average Bonchev–Trinajstić information content (AvgIpc) is 2.98. The van der Waals surface area contributed by atoms with Gasteiger partial charge in [-0.15, -0.1) is 0 Å². The van der Waals surface area contributed by atoms with Gasteiger partial charge in [0.1, 0.15) is 5.82 Å². The maximum atomic E-state index is 12.2. The van der Waals surface area contributed by atoms with Gasteiger partial charge in [-0.05, 0) is 19.3 Å². The normalized spacial score (nSPS) is 22.4. The largest absolute Gasteiger partial charge is 0.481 e. The molecule has 1 fully saturated rings. The van der Waals surface area contributed by atoms with Crippen molar-refractivity contribution in [1.29, 1.82) is 0 Å². The maximum Gasteiger partial charge on any atom is 0.306 e. The number of aromatic nitrogens is 2. The molecule has 0 spiro atoms. The Hall–Kier alpha value is -1.85. The summed E-state index contributed by atoms with van der Waals surface area (Å²) in [4.78, 5) is 29.0. The first-order valence-corrected chi connectivity index (χ1v) is 6.43. The van der Waals surface area contributed by atoms with E-state index in [-0.39, 0.29) is 17.7 Å². The van der Waals surface area contributed by atoms with Gasteiger partial charge in [0.15, 0.2) is 0 Å². The molecule has 0 aliphatic heterocycles. The van der Waals surface area contributed by atoms with Crippen LogP contribution < -0.4 is 0 Å². The number of carboxylic acids is 1. The number of hydrogen-bond donors (Lipinski definition) is 1. The van der Waals surface area contributed by atoms with Crippen molar-refractivity contribution < 1.29 is 14.7 Å². The lowest BCUT2D eigenvalue weighted by molar-refractivity contribution is -0.141. The Morgan fingerprint density at radius 2 is 2.16 bits per heavy atom. The molecule has 1 aromatic rings. The lowest BCUT2D eigenvalue weighted by Gasteiger charge is -2.20. The van der Waals surface area contributed by atoms with E-state index in [1.807, 2.05) is 17.8 Å². The van der Waals surface area contributed by atoms with Crippen molar-refractivity contribution in [3.8, 4) is 0 Å². The van der Waals surface area contributed by atoms with Crippen LogP contribution in [0.15, 0.2) is 12.4 Å². The first kappa shape index (κ1) is 13.6. The van der Waals surface area contributed by atoms with Gasteiger partial charge in [0.2, 0.25) is 5.91 Å². The summed E-state index contributed by atoms with van der Waals surface area (Å²) in [5.41, 5.74) is 0. The van der Waals surface area contributed by atoms with Crippen LogP contribution in [0.4, 0.5) is 0 Å². The predicted octanol–water partition coefficient (Wildman–Crippen LogP) is 0.879. The van der Waals surface area contributed by atoms with E-state index in [0.717, 1.165) is 5.82 Å². The van der Waals surface area contributed by atoms with Crippen LogP contribution in [0.5, 0.6) is 0 Å². The molecule has 2 unspecified atom stereocenters. The van der Waals surface area contributed by atoms with Gasteiger partial charge in [0, 0.05) is 32.4 Å². The molecule has 0 saturated heterocycles.